The molecule has 0 unspecified atom stereocenters. The van der Waals surface area contributed by atoms with E-state index in [1.807, 2.05) is 26.0 Å². The average Bonchev–Trinajstić information content (AvgIpc) is 2.59. The molecule has 2 aromatic rings. The quantitative estimate of drug-likeness (QED) is 0.455. The van der Waals surface area contributed by atoms with E-state index in [1.54, 1.807) is 12.3 Å². The molecular formula is C20H22AsN2O. The average molecular weight is 381 g/mol. The van der Waals surface area contributed by atoms with Crippen molar-refractivity contribution in [1.29, 1.82) is 0 Å². The fourth-order valence-corrected chi connectivity index (χ4v) is 4.35. The van der Waals surface area contributed by atoms with E-state index in [0.29, 0.717) is 5.56 Å². The number of rotatable bonds is 7. The summed E-state index contributed by atoms with van der Waals surface area (Å²) in [5.41, 5.74) is 1.35. The summed E-state index contributed by atoms with van der Waals surface area (Å²) < 4.78 is 0.923. The van der Waals surface area contributed by atoms with Crippen LogP contribution in [-0.2, 0) is 6.42 Å². The topological polar surface area (TPSA) is 42.0 Å². The van der Waals surface area contributed by atoms with Gasteiger partial charge in [0.1, 0.15) is 0 Å². The molecule has 0 aliphatic rings. The van der Waals surface area contributed by atoms with Gasteiger partial charge in [-0.1, -0.05) is 0 Å². The van der Waals surface area contributed by atoms with E-state index in [0.717, 1.165) is 22.5 Å². The van der Waals surface area contributed by atoms with Crippen molar-refractivity contribution in [2.75, 3.05) is 0 Å². The summed E-state index contributed by atoms with van der Waals surface area (Å²) in [6, 6.07) is 14.1. The number of nitrogens with zero attached hydrogens (tertiary/aromatic N) is 1. The first-order chi connectivity index (χ1) is 11.5. The second-order valence-electron chi connectivity index (χ2n) is 6.07. The van der Waals surface area contributed by atoms with Crippen LogP contribution < -0.4 is 9.80 Å². The first kappa shape index (κ1) is 18.3. The zero-order chi connectivity index (χ0) is 17.4. The van der Waals surface area contributed by atoms with Crippen LogP contribution in [-0.4, -0.2) is 32.2 Å². The molecule has 1 amide bonds. The van der Waals surface area contributed by atoms with Crippen LogP contribution in [0.15, 0.2) is 48.7 Å². The molecule has 123 valence electrons. The number of amides is 1. The molecule has 0 fully saturated rings. The molecule has 0 bridgehead atoms. The van der Waals surface area contributed by atoms with Crippen molar-refractivity contribution in [3.63, 3.8) is 0 Å². The number of carbonyl (C=O) groups excluding carboxylic acids is 1. The number of benzene rings is 1. The summed E-state index contributed by atoms with van der Waals surface area (Å²) in [5.74, 6) is 2.45. The zero-order valence-corrected chi connectivity index (χ0v) is 16.0. The van der Waals surface area contributed by atoms with Gasteiger partial charge in [-0.2, -0.15) is 0 Å². The molecule has 2 rings (SSSR count). The number of pyridine rings is 1. The van der Waals surface area contributed by atoms with Gasteiger partial charge in [-0.05, 0) is 0 Å². The molecule has 1 aromatic heterocycles. The van der Waals surface area contributed by atoms with E-state index in [-0.39, 0.29) is 21.7 Å². The summed E-state index contributed by atoms with van der Waals surface area (Å²) in [6.45, 7) is 3.63. The summed E-state index contributed by atoms with van der Waals surface area (Å²) >= 11 is -0.138. The molecule has 24 heavy (non-hydrogen) atoms. The fourth-order valence-electron chi connectivity index (χ4n) is 2.20. The molecule has 0 saturated heterocycles. The Kier molecular flexibility index (Phi) is 6.64. The predicted molar refractivity (Wildman–Crippen MR) is 99.6 cm³/mol. The third-order valence-electron chi connectivity index (χ3n) is 3.55. The minimum atomic E-state index is -0.659. The summed E-state index contributed by atoms with van der Waals surface area (Å²) in [5, 5.41) is 3.96. The van der Waals surface area contributed by atoms with Crippen LogP contribution in [0.3, 0.4) is 0 Å². The first-order valence-electron chi connectivity index (χ1n) is 7.98. The van der Waals surface area contributed by atoms with Crippen LogP contribution in [0.4, 0.5) is 0 Å². The third-order valence-corrected chi connectivity index (χ3v) is 6.05. The molecule has 0 atom stereocenters. The Hall–Kier alpha value is -2.04. The number of nitrogens with one attached hydrogen (secondary N) is 1. The summed E-state index contributed by atoms with van der Waals surface area (Å²) in [7, 11) is 0. The summed E-state index contributed by atoms with van der Waals surface area (Å²) in [6.07, 6.45) is 9.38. The van der Waals surface area contributed by atoms with Crippen molar-refractivity contribution in [3.05, 3.63) is 59.8 Å². The van der Waals surface area contributed by atoms with Gasteiger partial charge in [-0.3, -0.25) is 0 Å². The van der Waals surface area contributed by atoms with Crippen LogP contribution in [0.1, 0.15) is 36.2 Å². The second-order valence-corrected chi connectivity index (χ2v) is 8.56. The SMILES string of the molecule is C#CC(C)(C)NC(=O)c1cccnc1[As]CCCc1ccccc1. The molecule has 1 radical (unpaired) electrons. The van der Waals surface area contributed by atoms with E-state index in [2.05, 4.69) is 40.5 Å². The van der Waals surface area contributed by atoms with Gasteiger partial charge in [0.15, 0.2) is 0 Å². The van der Waals surface area contributed by atoms with Gasteiger partial charge in [0.25, 0.3) is 0 Å². The molecule has 1 heterocycles. The Labute approximate surface area is 151 Å². The maximum atomic E-state index is 12.5. The Morgan fingerprint density at radius 3 is 2.71 bits per heavy atom. The van der Waals surface area contributed by atoms with E-state index in [9.17, 15) is 4.79 Å². The monoisotopic (exact) mass is 381 g/mol. The predicted octanol–water partition coefficient (Wildman–Crippen LogP) is 2.60. The van der Waals surface area contributed by atoms with E-state index < -0.39 is 5.54 Å². The minimum absolute atomic E-state index is 0.138. The molecule has 0 spiro atoms. The van der Waals surface area contributed by atoms with E-state index >= 15 is 0 Å². The molecule has 4 heteroatoms. The summed E-state index contributed by atoms with van der Waals surface area (Å²) in [4.78, 5) is 16.9. The van der Waals surface area contributed by atoms with Crippen molar-refractivity contribution in [2.45, 2.75) is 37.4 Å². The molecule has 1 aromatic carbocycles. The Bertz CT molecular complexity index is 720. The third kappa shape index (κ3) is 5.55. The van der Waals surface area contributed by atoms with Crippen LogP contribution in [0, 0.1) is 12.3 Å². The van der Waals surface area contributed by atoms with Crippen molar-refractivity contribution in [1.82, 2.24) is 10.3 Å². The standard InChI is InChI=1S/C20H22AsN2O/c1-4-20(2,3)23-19(24)17-13-9-15-22-18(17)21-14-8-12-16-10-6-5-7-11-16/h1,5-7,9-11,13,15H,8,12,14H2,2-3H3,(H,23,24). The van der Waals surface area contributed by atoms with Crippen LogP contribution in [0.25, 0.3) is 0 Å². The Morgan fingerprint density at radius 1 is 1.25 bits per heavy atom. The van der Waals surface area contributed by atoms with Crippen molar-refractivity contribution < 1.29 is 4.79 Å². The van der Waals surface area contributed by atoms with Gasteiger partial charge in [-0.15, -0.1) is 0 Å². The van der Waals surface area contributed by atoms with Crippen LogP contribution in [0.5, 0.6) is 0 Å². The first-order valence-corrected chi connectivity index (χ1v) is 10.2. The molecular weight excluding hydrogens is 359 g/mol. The van der Waals surface area contributed by atoms with Gasteiger partial charge in [0.05, 0.1) is 0 Å². The number of hydrogen-bond donors (Lipinski definition) is 1. The molecule has 1 N–H and O–H groups in total. The van der Waals surface area contributed by atoms with E-state index in [4.69, 9.17) is 6.42 Å². The fraction of sp³-hybridized carbons (Fsp3) is 0.300. The second kappa shape index (κ2) is 8.71. The van der Waals surface area contributed by atoms with Gasteiger partial charge in [0.2, 0.25) is 0 Å². The van der Waals surface area contributed by atoms with Gasteiger partial charge in [-0.25, -0.2) is 0 Å². The van der Waals surface area contributed by atoms with Crippen LogP contribution in [0.2, 0.25) is 5.21 Å². The maximum absolute atomic E-state index is 12.5. The molecule has 0 saturated carbocycles. The molecule has 0 aliphatic heterocycles. The number of aromatic nitrogens is 1. The molecule has 3 nitrogen and oxygen atoms in total. The Balaban J connectivity index is 1.94. The Morgan fingerprint density at radius 2 is 2.00 bits per heavy atom. The normalized spacial score (nSPS) is 11.4. The zero-order valence-electron chi connectivity index (χ0n) is 14.1. The number of hydrogen-bond acceptors (Lipinski definition) is 2. The number of aryl methyl sites for hydroxylation is 1. The van der Waals surface area contributed by atoms with Gasteiger partial charge in [0, 0.05) is 0 Å². The van der Waals surface area contributed by atoms with Gasteiger partial charge >= 0.3 is 151 Å². The number of terminal acetylenes is 1. The van der Waals surface area contributed by atoms with Crippen molar-refractivity contribution in [2.24, 2.45) is 0 Å². The van der Waals surface area contributed by atoms with Crippen molar-refractivity contribution >= 4 is 26.1 Å². The van der Waals surface area contributed by atoms with Gasteiger partial charge < -0.3 is 0 Å². The molecule has 0 aliphatic carbocycles. The van der Waals surface area contributed by atoms with Crippen molar-refractivity contribution in [3.8, 4) is 12.3 Å². The van der Waals surface area contributed by atoms with E-state index in [1.165, 1.54) is 5.56 Å². The number of carbonyl (C=O) groups is 1. The van der Waals surface area contributed by atoms with Crippen LogP contribution >= 0.6 is 0 Å².